The first-order valence-corrected chi connectivity index (χ1v) is 4.98. The summed E-state index contributed by atoms with van der Waals surface area (Å²) in [5.74, 6) is -0.492. The van der Waals surface area contributed by atoms with E-state index in [1.165, 1.54) is 0 Å². The quantitative estimate of drug-likeness (QED) is 0.670. The maximum atomic E-state index is 11.0. The minimum Gasteiger partial charge on any atom is -0.385 e. The van der Waals surface area contributed by atoms with E-state index in [0.29, 0.717) is 18.5 Å². The number of carbonyl (C=O) groups is 2. The predicted octanol–water partition coefficient (Wildman–Crippen LogP) is 0.333. The van der Waals surface area contributed by atoms with E-state index in [1.807, 2.05) is 6.07 Å². The van der Waals surface area contributed by atoms with Gasteiger partial charge >= 0.3 is 0 Å². The molecule has 2 amide bonds. The first kappa shape index (κ1) is 12.0. The van der Waals surface area contributed by atoms with Crippen molar-refractivity contribution in [2.45, 2.75) is 6.42 Å². The van der Waals surface area contributed by atoms with Crippen molar-refractivity contribution in [3.63, 3.8) is 0 Å². The average Bonchev–Trinajstić information content (AvgIpc) is 2.29. The maximum absolute atomic E-state index is 11.0. The molecule has 0 aliphatic carbocycles. The summed E-state index contributed by atoms with van der Waals surface area (Å²) in [6, 6.07) is 6.86. The SMILES string of the molecule is CNC(=O)CCNc1cccc(C(N)=O)c1. The van der Waals surface area contributed by atoms with Crippen LogP contribution < -0.4 is 16.4 Å². The molecule has 4 N–H and O–H groups in total. The van der Waals surface area contributed by atoms with E-state index in [-0.39, 0.29) is 5.91 Å². The molecule has 0 atom stereocenters. The normalized spacial score (nSPS) is 9.56. The van der Waals surface area contributed by atoms with Gasteiger partial charge in [-0.25, -0.2) is 0 Å². The van der Waals surface area contributed by atoms with E-state index in [1.54, 1.807) is 25.2 Å². The number of anilines is 1. The van der Waals surface area contributed by atoms with E-state index in [4.69, 9.17) is 5.73 Å². The highest BCUT2D eigenvalue weighted by Crippen LogP contribution is 2.09. The van der Waals surface area contributed by atoms with Gasteiger partial charge in [0, 0.05) is 31.3 Å². The van der Waals surface area contributed by atoms with Crippen LogP contribution in [0.15, 0.2) is 24.3 Å². The molecule has 86 valence electrons. The molecule has 0 radical (unpaired) electrons. The van der Waals surface area contributed by atoms with Crippen molar-refractivity contribution in [1.29, 1.82) is 0 Å². The van der Waals surface area contributed by atoms with E-state index in [2.05, 4.69) is 10.6 Å². The third-order valence-corrected chi connectivity index (χ3v) is 2.11. The number of nitrogens with two attached hydrogens (primary N) is 1. The monoisotopic (exact) mass is 221 g/mol. The Morgan fingerprint density at radius 2 is 2.12 bits per heavy atom. The Labute approximate surface area is 94.0 Å². The molecule has 0 spiro atoms. The molecule has 5 heteroatoms. The Kier molecular flexibility index (Phi) is 4.32. The summed E-state index contributed by atoms with van der Waals surface area (Å²) >= 11 is 0. The topological polar surface area (TPSA) is 84.2 Å². The van der Waals surface area contributed by atoms with Gasteiger partial charge in [-0.15, -0.1) is 0 Å². The summed E-state index contributed by atoms with van der Waals surface area (Å²) in [5, 5.41) is 5.56. The summed E-state index contributed by atoms with van der Waals surface area (Å²) in [6.45, 7) is 0.516. The van der Waals surface area contributed by atoms with Crippen LogP contribution in [0.2, 0.25) is 0 Å². The number of rotatable bonds is 5. The molecule has 1 aromatic carbocycles. The summed E-state index contributed by atoms with van der Waals surface area (Å²) < 4.78 is 0. The third-order valence-electron chi connectivity index (χ3n) is 2.11. The Morgan fingerprint density at radius 1 is 1.38 bits per heavy atom. The lowest BCUT2D eigenvalue weighted by molar-refractivity contribution is -0.120. The number of nitrogens with one attached hydrogen (secondary N) is 2. The van der Waals surface area contributed by atoms with Gasteiger partial charge in [-0.1, -0.05) is 6.07 Å². The zero-order valence-electron chi connectivity index (χ0n) is 9.12. The number of primary amides is 1. The Morgan fingerprint density at radius 3 is 2.75 bits per heavy atom. The first-order chi connectivity index (χ1) is 7.63. The van der Waals surface area contributed by atoms with Gasteiger partial charge in [-0.2, -0.15) is 0 Å². The molecule has 16 heavy (non-hydrogen) atoms. The predicted molar refractivity (Wildman–Crippen MR) is 62.1 cm³/mol. The van der Waals surface area contributed by atoms with Gasteiger partial charge in [0.05, 0.1) is 0 Å². The van der Waals surface area contributed by atoms with Gasteiger partial charge in [-0.05, 0) is 18.2 Å². The Bertz CT molecular complexity index is 391. The molecule has 0 aliphatic rings. The molecule has 0 aromatic heterocycles. The minimum atomic E-state index is -0.463. The highest BCUT2D eigenvalue weighted by molar-refractivity contribution is 5.93. The van der Waals surface area contributed by atoms with Crippen LogP contribution in [0.5, 0.6) is 0 Å². The zero-order chi connectivity index (χ0) is 12.0. The number of amides is 2. The van der Waals surface area contributed by atoms with Gasteiger partial charge < -0.3 is 16.4 Å². The number of benzene rings is 1. The Balaban J connectivity index is 2.51. The van der Waals surface area contributed by atoms with Crippen LogP contribution in [-0.2, 0) is 4.79 Å². The number of hydrogen-bond donors (Lipinski definition) is 3. The fourth-order valence-corrected chi connectivity index (χ4v) is 1.23. The lowest BCUT2D eigenvalue weighted by Crippen LogP contribution is -2.20. The molecule has 0 unspecified atom stereocenters. The van der Waals surface area contributed by atoms with Crippen LogP contribution in [0.4, 0.5) is 5.69 Å². The van der Waals surface area contributed by atoms with E-state index in [0.717, 1.165) is 5.69 Å². The Hall–Kier alpha value is -2.04. The first-order valence-electron chi connectivity index (χ1n) is 4.98. The summed E-state index contributed by atoms with van der Waals surface area (Å²) in [4.78, 5) is 21.9. The van der Waals surface area contributed by atoms with Gasteiger partial charge in [-0.3, -0.25) is 9.59 Å². The largest absolute Gasteiger partial charge is 0.385 e. The highest BCUT2D eigenvalue weighted by atomic mass is 16.1. The van der Waals surface area contributed by atoms with Crippen molar-refractivity contribution in [1.82, 2.24) is 5.32 Å². The molecule has 1 aromatic rings. The molecule has 0 heterocycles. The molecule has 0 fully saturated rings. The van der Waals surface area contributed by atoms with Crippen LogP contribution in [-0.4, -0.2) is 25.4 Å². The van der Waals surface area contributed by atoms with Crippen molar-refractivity contribution < 1.29 is 9.59 Å². The van der Waals surface area contributed by atoms with Crippen LogP contribution in [0.1, 0.15) is 16.8 Å². The maximum Gasteiger partial charge on any atom is 0.248 e. The van der Waals surface area contributed by atoms with Gasteiger partial charge in [0.25, 0.3) is 0 Å². The lowest BCUT2D eigenvalue weighted by atomic mass is 10.2. The van der Waals surface area contributed by atoms with Crippen LogP contribution in [0, 0.1) is 0 Å². The van der Waals surface area contributed by atoms with E-state index in [9.17, 15) is 9.59 Å². The molecule has 5 nitrogen and oxygen atoms in total. The van der Waals surface area contributed by atoms with Crippen molar-refractivity contribution in [3.05, 3.63) is 29.8 Å². The summed E-state index contributed by atoms with van der Waals surface area (Å²) in [5.41, 5.74) is 6.38. The summed E-state index contributed by atoms with van der Waals surface area (Å²) in [7, 11) is 1.59. The molecular formula is C11H15N3O2. The molecular weight excluding hydrogens is 206 g/mol. The van der Waals surface area contributed by atoms with Crippen LogP contribution >= 0.6 is 0 Å². The fraction of sp³-hybridized carbons (Fsp3) is 0.273. The van der Waals surface area contributed by atoms with Gasteiger partial charge in [0.2, 0.25) is 11.8 Å². The fourth-order valence-electron chi connectivity index (χ4n) is 1.23. The summed E-state index contributed by atoms with van der Waals surface area (Å²) in [6.07, 6.45) is 0.386. The van der Waals surface area contributed by atoms with Gasteiger partial charge in [0.1, 0.15) is 0 Å². The standard InChI is InChI=1S/C11H15N3O2/c1-13-10(15)5-6-14-9-4-2-3-8(7-9)11(12)16/h2-4,7,14H,5-6H2,1H3,(H2,12,16)(H,13,15). The van der Waals surface area contributed by atoms with Crippen LogP contribution in [0.25, 0.3) is 0 Å². The van der Waals surface area contributed by atoms with Crippen molar-refractivity contribution in [2.24, 2.45) is 5.73 Å². The molecule has 0 saturated heterocycles. The van der Waals surface area contributed by atoms with Crippen LogP contribution in [0.3, 0.4) is 0 Å². The van der Waals surface area contributed by atoms with Gasteiger partial charge in [0.15, 0.2) is 0 Å². The van der Waals surface area contributed by atoms with E-state index >= 15 is 0 Å². The number of carbonyl (C=O) groups excluding carboxylic acids is 2. The third kappa shape index (κ3) is 3.61. The highest BCUT2D eigenvalue weighted by Gasteiger charge is 2.01. The lowest BCUT2D eigenvalue weighted by Gasteiger charge is -2.06. The molecule has 0 aliphatic heterocycles. The average molecular weight is 221 g/mol. The smallest absolute Gasteiger partial charge is 0.248 e. The number of hydrogen-bond acceptors (Lipinski definition) is 3. The molecule has 0 saturated carbocycles. The van der Waals surface area contributed by atoms with Crippen molar-refractivity contribution >= 4 is 17.5 Å². The second kappa shape index (κ2) is 5.75. The molecule has 0 bridgehead atoms. The zero-order valence-corrected chi connectivity index (χ0v) is 9.12. The second-order valence-corrected chi connectivity index (χ2v) is 3.30. The van der Waals surface area contributed by atoms with E-state index < -0.39 is 5.91 Å². The second-order valence-electron chi connectivity index (χ2n) is 3.30. The van der Waals surface area contributed by atoms with Crippen molar-refractivity contribution in [3.8, 4) is 0 Å². The van der Waals surface area contributed by atoms with Crippen molar-refractivity contribution in [2.75, 3.05) is 18.9 Å². The minimum absolute atomic E-state index is 0.0291. The molecule has 1 rings (SSSR count).